The van der Waals surface area contributed by atoms with Crippen molar-refractivity contribution in [2.75, 3.05) is 34.2 Å². The number of likely N-dealkylation sites (tertiary alicyclic amines) is 1. The number of hydrogen-bond acceptors (Lipinski definition) is 7. The van der Waals surface area contributed by atoms with Crippen molar-refractivity contribution in [2.24, 2.45) is 0 Å². The molecule has 0 radical (unpaired) electrons. The van der Waals surface area contributed by atoms with E-state index < -0.39 is 53.5 Å². The maximum absolute atomic E-state index is 13.8. The number of likely N-dealkylation sites (N-methyl/N-ethyl adjacent to an activating group) is 3. The van der Waals surface area contributed by atoms with Crippen LogP contribution < -0.4 is 0 Å². The van der Waals surface area contributed by atoms with Gasteiger partial charge in [0.2, 0.25) is 17.7 Å². The van der Waals surface area contributed by atoms with Crippen LogP contribution in [0, 0.1) is 0 Å². The minimum absolute atomic E-state index is 0.0692. The Labute approximate surface area is 259 Å². The molecule has 0 unspecified atom stereocenters. The van der Waals surface area contributed by atoms with Crippen molar-refractivity contribution in [3.8, 4) is 0 Å². The summed E-state index contributed by atoms with van der Waals surface area (Å²) in [5.41, 5.74) is 0.948. The largest absolute Gasteiger partial charge is 0.459 e. The summed E-state index contributed by atoms with van der Waals surface area (Å²) in [6.07, 6.45) is -0.0194. The molecule has 3 rings (SSSR count). The SMILES string of the molecule is C[C@@H](C(=O)N1CC[C@H]1C(=O)N(C)[C@@H](Cc1ccccc1)C(=O)N(C)CC(=O)OC(C)(C)C)N(C)C(=O)OCc1ccccc1. The summed E-state index contributed by atoms with van der Waals surface area (Å²) in [5.74, 6) is -1.78. The molecule has 1 aliphatic heterocycles. The first-order valence-electron chi connectivity index (χ1n) is 14.7. The normalized spacial score (nSPS) is 15.7. The molecule has 0 N–H and O–H groups in total. The standard InChI is InChI=1S/C33H44N4O7/c1-23(35(6)32(42)43-22-25-16-12-9-13-17-25)29(39)37-19-18-26(37)31(41)36(7)27(20-24-14-10-8-11-15-24)30(40)34(5)21-28(38)44-33(2,3)4/h8-17,23,26-27H,18-22H2,1-7H3/t23-,26-,27-/m0/s1. The minimum atomic E-state index is -0.928. The number of nitrogens with zero attached hydrogens (tertiary/aromatic N) is 4. The van der Waals surface area contributed by atoms with Crippen LogP contribution in [-0.2, 0) is 41.7 Å². The zero-order valence-corrected chi connectivity index (χ0v) is 26.7. The topological polar surface area (TPSA) is 117 Å². The summed E-state index contributed by atoms with van der Waals surface area (Å²) in [6.45, 7) is 6.96. The second-order valence-electron chi connectivity index (χ2n) is 12.1. The molecule has 4 amide bonds. The van der Waals surface area contributed by atoms with Crippen molar-refractivity contribution >= 4 is 29.8 Å². The highest BCUT2D eigenvalue weighted by molar-refractivity contribution is 5.95. The van der Waals surface area contributed by atoms with E-state index in [1.807, 2.05) is 60.7 Å². The van der Waals surface area contributed by atoms with Crippen molar-refractivity contribution in [1.82, 2.24) is 19.6 Å². The van der Waals surface area contributed by atoms with Gasteiger partial charge in [-0.3, -0.25) is 24.1 Å². The first kappa shape index (κ1) is 34.1. The van der Waals surface area contributed by atoms with Gasteiger partial charge in [-0.15, -0.1) is 0 Å². The van der Waals surface area contributed by atoms with Crippen LogP contribution >= 0.6 is 0 Å². The summed E-state index contributed by atoms with van der Waals surface area (Å²) in [5, 5.41) is 0. The lowest BCUT2D eigenvalue weighted by molar-refractivity contribution is -0.161. The van der Waals surface area contributed by atoms with Crippen LogP contribution in [0.15, 0.2) is 60.7 Å². The van der Waals surface area contributed by atoms with E-state index in [0.29, 0.717) is 13.0 Å². The summed E-state index contributed by atoms with van der Waals surface area (Å²) in [6, 6.07) is 15.9. The van der Waals surface area contributed by atoms with Gasteiger partial charge >= 0.3 is 12.1 Å². The summed E-state index contributed by atoms with van der Waals surface area (Å²) in [7, 11) is 4.51. The molecular formula is C33H44N4O7. The van der Waals surface area contributed by atoms with Gasteiger partial charge in [-0.1, -0.05) is 60.7 Å². The predicted octanol–water partition coefficient (Wildman–Crippen LogP) is 3.11. The van der Waals surface area contributed by atoms with Gasteiger partial charge in [0.05, 0.1) is 0 Å². The highest BCUT2D eigenvalue weighted by atomic mass is 16.6. The van der Waals surface area contributed by atoms with Crippen molar-refractivity contribution in [3.63, 3.8) is 0 Å². The van der Waals surface area contributed by atoms with Gasteiger partial charge in [-0.25, -0.2) is 4.79 Å². The summed E-state index contributed by atoms with van der Waals surface area (Å²) < 4.78 is 10.7. The Morgan fingerprint density at radius 3 is 1.98 bits per heavy atom. The third kappa shape index (κ3) is 9.05. The van der Waals surface area contributed by atoms with E-state index in [2.05, 4.69) is 0 Å². The quantitative estimate of drug-likeness (QED) is 0.360. The van der Waals surface area contributed by atoms with Crippen molar-refractivity contribution in [2.45, 2.75) is 70.9 Å². The Hall–Kier alpha value is -4.41. The lowest BCUT2D eigenvalue weighted by Crippen LogP contribution is -2.64. The zero-order chi connectivity index (χ0) is 32.6. The van der Waals surface area contributed by atoms with E-state index in [4.69, 9.17) is 9.47 Å². The van der Waals surface area contributed by atoms with Crippen LogP contribution in [0.3, 0.4) is 0 Å². The third-order valence-corrected chi connectivity index (χ3v) is 7.55. The fourth-order valence-electron chi connectivity index (χ4n) is 4.81. The third-order valence-electron chi connectivity index (χ3n) is 7.55. The minimum Gasteiger partial charge on any atom is -0.459 e. The molecule has 0 aliphatic carbocycles. The number of carbonyl (C=O) groups is 5. The molecule has 3 atom stereocenters. The molecule has 0 saturated carbocycles. The fourth-order valence-corrected chi connectivity index (χ4v) is 4.81. The van der Waals surface area contributed by atoms with Gasteiger partial charge < -0.3 is 24.2 Å². The predicted molar refractivity (Wildman–Crippen MR) is 164 cm³/mol. The van der Waals surface area contributed by atoms with Gasteiger partial charge in [-0.2, -0.15) is 0 Å². The number of rotatable bonds is 11. The summed E-state index contributed by atoms with van der Waals surface area (Å²) in [4.78, 5) is 71.2. The lowest BCUT2D eigenvalue weighted by Gasteiger charge is -2.44. The van der Waals surface area contributed by atoms with E-state index in [1.54, 1.807) is 27.7 Å². The molecule has 0 aromatic heterocycles. The van der Waals surface area contributed by atoms with E-state index in [-0.39, 0.29) is 19.6 Å². The Morgan fingerprint density at radius 2 is 1.45 bits per heavy atom. The van der Waals surface area contributed by atoms with Crippen LogP contribution in [0.4, 0.5) is 4.79 Å². The second kappa shape index (κ2) is 14.9. The molecule has 2 aromatic carbocycles. The monoisotopic (exact) mass is 608 g/mol. The Balaban J connectivity index is 1.69. The average Bonchev–Trinajstić information content (AvgIpc) is 2.96. The maximum Gasteiger partial charge on any atom is 0.410 e. The van der Waals surface area contributed by atoms with Crippen LogP contribution in [0.1, 0.15) is 45.2 Å². The molecule has 11 nitrogen and oxygen atoms in total. The van der Waals surface area contributed by atoms with Crippen LogP contribution in [0.5, 0.6) is 0 Å². The molecular weight excluding hydrogens is 564 g/mol. The Bertz CT molecular complexity index is 1310. The molecule has 1 saturated heterocycles. The molecule has 0 bridgehead atoms. The van der Waals surface area contributed by atoms with Crippen molar-refractivity contribution < 1.29 is 33.4 Å². The van der Waals surface area contributed by atoms with Gasteiger partial charge in [0.15, 0.2) is 0 Å². The molecule has 11 heteroatoms. The van der Waals surface area contributed by atoms with E-state index in [0.717, 1.165) is 11.1 Å². The molecule has 44 heavy (non-hydrogen) atoms. The maximum atomic E-state index is 13.8. The van der Waals surface area contributed by atoms with Gasteiger partial charge in [0.1, 0.15) is 36.9 Å². The van der Waals surface area contributed by atoms with Crippen LogP contribution in [0.2, 0.25) is 0 Å². The highest BCUT2D eigenvalue weighted by Crippen LogP contribution is 2.24. The molecule has 0 spiro atoms. The van der Waals surface area contributed by atoms with Gasteiger partial charge in [-0.05, 0) is 45.2 Å². The first-order valence-corrected chi connectivity index (χ1v) is 14.7. The number of amides is 4. The van der Waals surface area contributed by atoms with E-state index in [1.165, 1.54) is 40.7 Å². The molecule has 2 aromatic rings. The molecule has 1 fully saturated rings. The number of ether oxygens (including phenoxy) is 2. The zero-order valence-electron chi connectivity index (χ0n) is 26.7. The highest BCUT2D eigenvalue weighted by Gasteiger charge is 2.44. The van der Waals surface area contributed by atoms with Crippen molar-refractivity contribution in [3.05, 3.63) is 71.8 Å². The lowest BCUT2D eigenvalue weighted by atomic mass is 9.97. The van der Waals surface area contributed by atoms with Crippen LogP contribution in [0.25, 0.3) is 0 Å². The second-order valence-corrected chi connectivity index (χ2v) is 12.1. The average molecular weight is 609 g/mol. The molecule has 1 heterocycles. The molecule has 238 valence electrons. The Kier molecular flexibility index (Phi) is 11.5. The summed E-state index contributed by atoms with van der Waals surface area (Å²) >= 11 is 0. The van der Waals surface area contributed by atoms with Gasteiger partial charge in [0.25, 0.3) is 0 Å². The van der Waals surface area contributed by atoms with E-state index >= 15 is 0 Å². The number of benzene rings is 2. The van der Waals surface area contributed by atoms with E-state index in [9.17, 15) is 24.0 Å². The fraction of sp³-hybridized carbons (Fsp3) is 0.485. The number of esters is 1. The first-order chi connectivity index (χ1) is 20.7. The van der Waals surface area contributed by atoms with Crippen LogP contribution in [-0.4, -0.2) is 107 Å². The van der Waals surface area contributed by atoms with Gasteiger partial charge in [0, 0.05) is 34.1 Å². The Morgan fingerprint density at radius 1 is 0.886 bits per heavy atom. The van der Waals surface area contributed by atoms with Crippen molar-refractivity contribution in [1.29, 1.82) is 0 Å². The molecule has 1 aliphatic rings. The smallest absolute Gasteiger partial charge is 0.410 e. The number of hydrogen-bond donors (Lipinski definition) is 0. The number of carbonyl (C=O) groups excluding carboxylic acids is 5.